The first-order valence-electron chi connectivity index (χ1n) is 6.77. The Balaban J connectivity index is 2.03. The molecule has 7 heteroatoms. The average Bonchev–Trinajstić information content (AvgIpc) is 2.99. The van der Waals surface area contributed by atoms with Gasteiger partial charge in [0.1, 0.15) is 5.82 Å². The molecule has 1 saturated heterocycles. The van der Waals surface area contributed by atoms with Crippen molar-refractivity contribution < 1.29 is 23.8 Å². The fourth-order valence-electron chi connectivity index (χ4n) is 2.70. The normalized spacial score (nSPS) is 25.1. The van der Waals surface area contributed by atoms with E-state index < -0.39 is 23.0 Å². The summed E-state index contributed by atoms with van der Waals surface area (Å²) in [5, 5.41) is 10.2. The number of ketones is 1. The summed E-state index contributed by atoms with van der Waals surface area (Å²) in [5.41, 5.74) is -1.56. The van der Waals surface area contributed by atoms with Crippen LogP contribution in [0.1, 0.15) is 25.3 Å². The minimum Gasteiger partial charge on any atom is -0.501 e. The molecule has 2 aliphatic heterocycles. The Morgan fingerprint density at radius 3 is 2.77 bits per heavy atom. The minimum atomic E-state index is -1.67. The molecule has 0 aliphatic carbocycles. The Hall–Kier alpha value is -2.08. The molecule has 1 fully saturated rings. The smallest absolute Gasteiger partial charge is 0.250 e. The summed E-state index contributed by atoms with van der Waals surface area (Å²) in [6.07, 6.45) is 0.941. The van der Waals surface area contributed by atoms with Gasteiger partial charge in [0.2, 0.25) is 23.2 Å². The monoisotopic (exact) mass is 325 g/mol. The van der Waals surface area contributed by atoms with E-state index >= 15 is 0 Å². The maximum Gasteiger partial charge on any atom is 0.250 e. The highest BCUT2D eigenvalue weighted by Crippen LogP contribution is 2.42. The molecule has 1 N–H and O–H groups in total. The van der Waals surface area contributed by atoms with Crippen molar-refractivity contribution in [2.75, 3.05) is 6.54 Å². The van der Waals surface area contributed by atoms with Crippen LogP contribution >= 0.6 is 11.6 Å². The molecular formula is C15H13ClFNO4. The predicted octanol–water partition coefficient (Wildman–Crippen LogP) is 2.64. The number of hydrogen-bond donors (Lipinski definition) is 1. The van der Waals surface area contributed by atoms with Crippen LogP contribution in [0.3, 0.4) is 0 Å². The highest BCUT2D eigenvalue weighted by molar-refractivity contribution is 6.32. The first-order valence-corrected chi connectivity index (χ1v) is 7.15. The molecule has 3 rings (SSSR count). The Morgan fingerprint density at radius 1 is 1.41 bits per heavy atom. The summed E-state index contributed by atoms with van der Waals surface area (Å²) in [5.74, 6) is -2.39. The lowest BCUT2D eigenvalue weighted by molar-refractivity contribution is -0.136. The first kappa shape index (κ1) is 14.8. The Morgan fingerprint density at radius 2 is 2.14 bits per heavy atom. The molecule has 22 heavy (non-hydrogen) atoms. The molecule has 1 aromatic rings. The van der Waals surface area contributed by atoms with Gasteiger partial charge in [-0.15, -0.1) is 0 Å². The van der Waals surface area contributed by atoms with Gasteiger partial charge in [0.05, 0.1) is 0 Å². The maximum atomic E-state index is 13.5. The van der Waals surface area contributed by atoms with Crippen LogP contribution in [0.15, 0.2) is 29.8 Å². The van der Waals surface area contributed by atoms with Crippen molar-refractivity contribution >= 4 is 23.3 Å². The van der Waals surface area contributed by atoms with Gasteiger partial charge in [-0.3, -0.25) is 14.5 Å². The molecule has 0 radical (unpaired) electrons. The van der Waals surface area contributed by atoms with Gasteiger partial charge in [0, 0.05) is 23.6 Å². The van der Waals surface area contributed by atoms with Crippen molar-refractivity contribution in [1.82, 2.24) is 4.90 Å². The van der Waals surface area contributed by atoms with E-state index in [0.717, 1.165) is 12.1 Å². The van der Waals surface area contributed by atoms with Crippen molar-refractivity contribution in [2.45, 2.75) is 25.4 Å². The topological polar surface area (TPSA) is 66.8 Å². The van der Waals surface area contributed by atoms with Gasteiger partial charge in [-0.1, -0.05) is 11.6 Å². The van der Waals surface area contributed by atoms with Crippen molar-refractivity contribution in [3.8, 4) is 0 Å². The molecular weight excluding hydrogens is 313 g/mol. The molecule has 0 bridgehead atoms. The van der Waals surface area contributed by atoms with Crippen LogP contribution in [0.5, 0.6) is 0 Å². The standard InChI is InChI=1S/C15H13ClFNO4/c1-15(9-7-8(17)4-5-10(9)16)13(21)12(20)14(22-15)18-6-2-3-11(18)19/h4-5,7,20H,2-3,6H2,1H3. The second-order valence-corrected chi connectivity index (χ2v) is 5.80. The van der Waals surface area contributed by atoms with Crippen molar-refractivity contribution in [3.63, 3.8) is 0 Å². The van der Waals surface area contributed by atoms with E-state index in [9.17, 15) is 19.1 Å². The van der Waals surface area contributed by atoms with E-state index in [1.807, 2.05) is 0 Å². The number of rotatable bonds is 2. The predicted molar refractivity (Wildman–Crippen MR) is 75.5 cm³/mol. The lowest BCUT2D eigenvalue weighted by Crippen LogP contribution is -2.33. The Bertz CT molecular complexity index is 717. The summed E-state index contributed by atoms with van der Waals surface area (Å²) < 4.78 is 19.1. The quantitative estimate of drug-likeness (QED) is 0.907. The SMILES string of the molecule is CC1(c2cc(F)ccc2Cl)OC(N2CCCC2=O)=C(O)C1=O. The van der Waals surface area contributed by atoms with E-state index in [-0.39, 0.29) is 22.4 Å². The third-order valence-corrected chi connectivity index (χ3v) is 4.24. The zero-order valence-electron chi connectivity index (χ0n) is 11.7. The average molecular weight is 326 g/mol. The summed E-state index contributed by atoms with van der Waals surface area (Å²) in [6.45, 7) is 1.75. The molecule has 2 aliphatic rings. The van der Waals surface area contributed by atoms with Gasteiger partial charge in [0.25, 0.3) is 5.78 Å². The molecule has 1 atom stereocenters. The number of benzene rings is 1. The third kappa shape index (κ3) is 2.06. The number of aliphatic hydroxyl groups is 1. The van der Waals surface area contributed by atoms with E-state index in [1.165, 1.54) is 17.9 Å². The fraction of sp³-hybridized carbons (Fsp3) is 0.333. The van der Waals surface area contributed by atoms with Crippen LogP contribution in [0.4, 0.5) is 4.39 Å². The summed E-state index contributed by atoms with van der Waals surface area (Å²) >= 11 is 6.04. The highest BCUT2D eigenvalue weighted by atomic mass is 35.5. The van der Waals surface area contributed by atoms with Gasteiger partial charge < -0.3 is 9.84 Å². The number of amides is 1. The van der Waals surface area contributed by atoms with Gasteiger partial charge >= 0.3 is 0 Å². The summed E-state index contributed by atoms with van der Waals surface area (Å²) in [6, 6.07) is 3.55. The van der Waals surface area contributed by atoms with Crippen molar-refractivity contribution in [1.29, 1.82) is 0 Å². The van der Waals surface area contributed by atoms with E-state index in [1.54, 1.807) is 0 Å². The number of nitrogens with zero attached hydrogens (tertiary/aromatic N) is 1. The fourth-order valence-corrected chi connectivity index (χ4v) is 3.00. The number of aliphatic hydroxyl groups excluding tert-OH is 1. The third-order valence-electron chi connectivity index (χ3n) is 3.91. The molecule has 1 unspecified atom stereocenters. The number of Topliss-reactive ketones (excluding diaryl/α,β-unsaturated/α-hetero) is 1. The lowest BCUT2D eigenvalue weighted by Gasteiger charge is -2.26. The minimum absolute atomic E-state index is 0.104. The van der Waals surface area contributed by atoms with Crippen LogP contribution in [0.2, 0.25) is 5.02 Å². The maximum absolute atomic E-state index is 13.5. The van der Waals surface area contributed by atoms with Crippen LogP contribution in [-0.4, -0.2) is 28.2 Å². The molecule has 5 nitrogen and oxygen atoms in total. The second kappa shape index (κ2) is 4.98. The van der Waals surface area contributed by atoms with Crippen LogP contribution in [0.25, 0.3) is 0 Å². The Kier molecular flexibility index (Phi) is 3.36. The summed E-state index contributed by atoms with van der Waals surface area (Å²) in [4.78, 5) is 25.4. The van der Waals surface area contributed by atoms with Gasteiger partial charge in [0.15, 0.2) is 0 Å². The lowest BCUT2D eigenvalue weighted by atomic mass is 9.91. The van der Waals surface area contributed by atoms with Crippen LogP contribution in [-0.2, 0) is 19.9 Å². The molecule has 1 aromatic carbocycles. The molecule has 2 heterocycles. The molecule has 116 valence electrons. The van der Waals surface area contributed by atoms with E-state index in [4.69, 9.17) is 16.3 Å². The second-order valence-electron chi connectivity index (χ2n) is 5.39. The van der Waals surface area contributed by atoms with Gasteiger partial charge in [-0.05, 0) is 31.5 Å². The number of ether oxygens (including phenoxy) is 1. The molecule has 0 spiro atoms. The van der Waals surface area contributed by atoms with E-state index in [2.05, 4.69) is 0 Å². The number of carbonyl (C=O) groups excluding carboxylic acids is 2. The van der Waals surface area contributed by atoms with Crippen LogP contribution < -0.4 is 0 Å². The van der Waals surface area contributed by atoms with Crippen LogP contribution in [0, 0.1) is 5.82 Å². The highest BCUT2D eigenvalue weighted by Gasteiger charge is 2.51. The molecule has 1 amide bonds. The van der Waals surface area contributed by atoms with Crippen molar-refractivity contribution in [2.24, 2.45) is 0 Å². The number of carbonyl (C=O) groups is 2. The van der Waals surface area contributed by atoms with Gasteiger partial charge in [-0.25, -0.2) is 4.39 Å². The zero-order valence-corrected chi connectivity index (χ0v) is 12.5. The molecule has 0 saturated carbocycles. The molecule has 0 aromatic heterocycles. The zero-order chi connectivity index (χ0) is 16.1. The van der Waals surface area contributed by atoms with Gasteiger partial charge in [-0.2, -0.15) is 0 Å². The number of halogens is 2. The number of hydrogen-bond acceptors (Lipinski definition) is 4. The largest absolute Gasteiger partial charge is 0.501 e. The Labute approximate surface area is 130 Å². The first-order chi connectivity index (χ1) is 10.3. The van der Waals surface area contributed by atoms with Crippen molar-refractivity contribution in [3.05, 3.63) is 46.2 Å². The number of likely N-dealkylation sites (tertiary alicyclic amines) is 1. The van der Waals surface area contributed by atoms with E-state index in [0.29, 0.717) is 19.4 Å². The summed E-state index contributed by atoms with van der Waals surface area (Å²) in [7, 11) is 0.